The van der Waals surface area contributed by atoms with Gasteiger partial charge < -0.3 is 5.32 Å². The minimum atomic E-state index is -0.331. The molecule has 5 rings (SSSR count). The Bertz CT molecular complexity index is 1430. The molecule has 0 bridgehead atoms. The number of nitrogens with one attached hydrogen (secondary N) is 2. The molecule has 6 heteroatoms. The van der Waals surface area contributed by atoms with Gasteiger partial charge in [-0.05, 0) is 42.8 Å². The van der Waals surface area contributed by atoms with Crippen molar-refractivity contribution in [2.24, 2.45) is 0 Å². The number of pyridine rings is 1. The van der Waals surface area contributed by atoms with Crippen LogP contribution in [-0.4, -0.2) is 21.1 Å². The first-order valence-electron chi connectivity index (χ1n) is 10.6. The Hall–Kier alpha value is -4.32. The Morgan fingerprint density at radius 1 is 0.939 bits per heavy atom. The molecule has 0 radical (unpaired) electrons. The molecule has 0 saturated carbocycles. The number of rotatable bonds is 5. The first-order chi connectivity index (χ1) is 16.1. The van der Waals surface area contributed by atoms with E-state index in [9.17, 15) is 9.18 Å². The average molecular weight is 436 g/mol. The van der Waals surface area contributed by atoms with Crippen LogP contribution in [0.2, 0.25) is 0 Å². The fourth-order valence-electron chi connectivity index (χ4n) is 3.77. The highest BCUT2D eigenvalue weighted by atomic mass is 19.1. The molecular weight excluding hydrogens is 415 g/mol. The summed E-state index contributed by atoms with van der Waals surface area (Å²) in [6.45, 7) is 2.42. The zero-order valence-corrected chi connectivity index (χ0v) is 18.0. The van der Waals surface area contributed by atoms with Gasteiger partial charge in [-0.2, -0.15) is 5.10 Å². The Morgan fingerprint density at radius 2 is 1.67 bits per heavy atom. The molecular formula is C27H21FN4O. The Labute approximate surface area is 190 Å². The van der Waals surface area contributed by atoms with E-state index in [-0.39, 0.29) is 11.7 Å². The van der Waals surface area contributed by atoms with E-state index in [1.54, 1.807) is 18.2 Å². The minimum Gasteiger partial charge on any atom is -0.348 e. The van der Waals surface area contributed by atoms with Crippen molar-refractivity contribution in [1.29, 1.82) is 0 Å². The van der Waals surface area contributed by atoms with Gasteiger partial charge in [-0.1, -0.05) is 60.2 Å². The summed E-state index contributed by atoms with van der Waals surface area (Å²) in [7, 11) is 0. The first kappa shape index (κ1) is 20.6. The van der Waals surface area contributed by atoms with Crippen LogP contribution in [0.4, 0.5) is 4.39 Å². The van der Waals surface area contributed by atoms with Crippen LogP contribution in [0.25, 0.3) is 33.5 Å². The number of carbonyl (C=O) groups is 1. The highest BCUT2D eigenvalue weighted by Crippen LogP contribution is 2.31. The van der Waals surface area contributed by atoms with E-state index in [0.717, 1.165) is 22.4 Å². The van der Waals surface area contributed by atoms with E-state index in [2.05, 4.69) is 20.5 Å². The largest absolute Gasteiger partial charge is 0.348 e. The third kappa shape index (κ3) is 4.23. The second kappa shape index (κ2) is 8.67. The van der Waals surface area contributed by atoms with Crippen molar-refractivity contribution >= 4 is 16.9 Å². The summed E-state index contributed by atoms with van der Waals surface area (Å²) in [6, 6.07) is 25.5. The summed E-state index contributed by atoms with van der Waals surface area (Å²) >= 11 is 0. The molecule has 0 aliphatic heterocycles. The molecule has 0 unspecified atom stereocenters. The first-order valence-corrected chi connectivity index (χ1v) is 10.6. The van der Waals surface area contributed by atoms with Gasteiger partial charge in [0.05, 0.1) is 22.3 Å². The molecule has 0 fully saturated rings. The predicted molar refractivity (Wildman–Crippen MR) is 127 cm³/mol. The molecule has 0 spiro atoms. The molecule has 2 heterocycles. The molecule has 5 nitrogen and oxygen atoms in total. The van der Waals surface area contributed by atoms with Crippen LogP contribution in [0.15, 0.2) is 84.9 Å². The quantitative estimate of drug-likeness (QED) is 0.373. The van der Waals surface area contributed by atoms with E-state index in [1.165, 1.54) is 12.1 Å². The molecule has 0 atom stereocenters. The van der Waals surface area contributed by atoms with Gasteiger partial charge in [0.2, 0.25) is 0 Å². The van der Waals surface area contributed by atoms with E-state index in [4.69, 9.17) is 0 Å². The van der Waals surface area contributed by atoms with Crippen molar-refractivity contribution in [1.82, 2.24) is 20.5 Å². The number of aromatic amines is 1. The Kier molecular flexibility index (Phi) is 5.40. The average Bonchev–Trinajstić information content (AvgIpc) is 3.28. The molecule has 2 N–H and O–H groups in total. The summed E-state index contributed by atoms with van der Waals surface area (Å²) in [5.41, 5.74) is 5.94. The lowest BCUT2D eigenvalue weighted by molar-refractivity contribution is 0.0952. The molecule has 0 aliphatic carbocycles. The standard InChI is InChI=1S/C27H21FN4O/c1-17-7-9-18(10-8-17)16-29-27(33)22-15-23(19-11-13-21(28)14-12-19)30-26-24(22)25(31-32-26)20-5-3-2-4-6-20/h2-15H,16H2,1H3,(H,29,33)(H,30,31,32). The maximum absolute atomic E-state index is 13.4. The third-order valence-corrected chi connectivity index (χ3v) is 5.54. The van der Waals surface area contributed by atoms with Crippen LogP contribution in [-0.2, 0) is 6.54 Å². The SMILES string of the molecule is Cc1ccc(CNC(=O)c2cc(-c3ccc(F)cc3)nc3n[nH]c(-c4ccccc4)c23)cc1. The number of nitrogens with zero attached hydrogens (tertiary/aromatic N) is 2. The van der Waals surface area contributed by atoms with Crippen LogP contribution in [0.3, 0.4) is 0 Å². The number of benzene rings is 3. The van der Waals surface area contributed by atoms with Gasteiger partial charge in [0.15, 0.2) is 5.65 Å². The summed E-state index contributed by atoms with van der Waals surface area (Å²) in [5.74, 6) is -0.563. The number of fused-ring (bicyclic) bond motifs is 1. The Balaban J connectivity index is 1.59. The van der Waals surface area contributed by atoms with Crippen LogP contribution in [0.1, 0.15) is 21.5 Å². The van der Waals surface area contributed by atoms with Gasteiger partial charge in [0.1, 0.15) is 5.82 Å². The van der Waals surface area contributed by atoms with Crippen molar-refractivity contribution in [3.63, 3.8) is 0 Å². The van der Waals surface area contributed by atoms with Gasteiger partial charge >= 0.3 is 0 Å². The summed E-state index contributed by atoms with van der Waals surface area (Å²) in [6.07, 6.45) is 0. The van der Waals surface area contributed by atoms with E-state index in [1.807, 2.05) is 61.5 Å². The molecule has 162 valence electrons. The lowest BCUT2D eigenvalue weighted by atomic mass is 10.0. The lowest BCUT2D eigenvalue weighted by Crippen LogP contribution is -2.23. The van der Waals surface area contributed by atoms with Gasteiger partial charge in [-0.15, -0.1) is 0 Å². The fourth-order valence-corrected chi connectivity index (χ4v) is 3.77. The molecule has 0 aliphatic rings. The minimum absolute atomic E-state index is 0.232. The number of aryl methyl sites for hydroxylation is 1. The van der Waals surface area contributed by atoms with Crippen LogP contribution in [0, 0.1) is 12.7 Å². The summed E-state index contributed by atoms with van der Waals surface area (Å²) in [4.78, 5) is 18.0. The van der Waals surface area contributed by atoms with E-state index in [0.29, 0.717) is 34.4 Å². The Morgan fingerprint density at radius 3 is 2.39 bits per heavy atom. The van der Waals surface area contributed by atoms with Crippen molar-refractivity contribution in [2.45, 2.75) is 13.5 Å². The van der Waals surface area contributed by atoms with Crippen molar-refractivity contribution in [3.8, 4) is 22.5 Å². The van der Waals surface area contributed by atoms with E-state index < -0.39 is 0 Å². The zero-order chi connectivity index (χ0) is 22.8. The predicted octanol–water partition coefficient (Wildman–Crippen LogP) is 5.67. The number of halogens is 1. The monoisotopic (exact) mass is 436 g/mol. The number of amides is 1. The highest BCUT2D eigenvalue weighted by molar-refractivity contribution is 6.10. The number of aromatic nitrogens is 3. The maximum Gasteiger partial charge on any atom is 0.252 e. The smallest absolute Gasteiger partial charge is 0.252 e. The molecule has 2 aromatic heterocycles. The molecule has 5 aromatic rings. The normalized spacial score (nSPS) is 11.0. The van der Waals surface area contributed by atoms with E-state index >= 15 is 0 Å². The van der Waals surface area contributed by atoms with Gasteiger partial charge in [0.25, 0.3) is 5.91 Å². The number of carbonyl (C=O) groups excluding carboxylic acids is 1. The van der Waals surface area contributed by atoms with Gasteiger partial charge in [-0.25, -0.2) is 9.37 Å². The highest BCUT2D eigenvalue weighted by Gasteiger charge is 2.20. The van der Waals surface area contributed by atoms with Crippen molar-refractivity contribution in [2.75, 3.05) is 0 Å². The summed E-state index contributed by atoms with van der Waals surface area (Å²) < 4.78 is 13.4. The number of H-pyrrole nitrogens is 1. The van der Waals surface area contributed by atoms with Gasteiger partial charge in [-0.3, -0.25) is 9.89 Å². The maximum atomic E-state index is 13.4. The van der Waals surface area contributed by atoms with Gasteiger partial charge in [0, 0.05) is 17.7 Å². The van der Waals surface area contributed by atoms with Crippen molar-refractivity contribution in [3.05, 3.63) is 107 Å². The third-order valence-electron chi connectivity index (χ3n) is 5.54. The van der Waals surface area contributed by atoms with Crippen LogP contribution < -0.4 is 5.32 Å². The topological polar surface area (TPSA) is 70.7 Å². The second-order valence-corrected chi connectivity index (χ2v) is 7.89. The lowest BCUT2D eigenvalue weighted by Gasteiger charge is -2.10. The van der Waals surface area contributed by atoms with Crippen LogP contribution >= 0.6 is 0 Å². The zero-order valence-electron chi connectivity index (χ0n) is 18.0. The fraction of sp³-hybridized carbons (Fsp3) is 0.0741. The number of hydrogen-bond acceptors (Lipinski definition) is 3. The second-order valence-electron chi connectivity index (χ2n) is 7.89. The molecule has 33 heavy (non-hydrogen) atoms. The molecule has 1 amide bonds. The molecule has 3 aromatic carbocycles. The van der Waals surface area contributed by atoms with Crippen molar-refractivity contribution < 1.29 is 9.18 Å². The van der Waals surface area contributed by atoms with Crippen LogP contribution in [0.5, 0.6) is 0 Å². The number of hydrogen-bond donors (Lipinski definition) is 2. The summed E-state index contributed by atoms with van der Waals surface area (Å²) in [5, 5.41) is 11.1. The molecule has 0 saturated heterocycles.